The molecule has 2 atom stereocenters. The number of ether oxygens (including phenoxy) is 1. The van der Waals surface area contributed by atoms with Crippen LogP contribution in [0.1, 0.15) is 37.0 Å². The molecular weight excluding hydrogens is 368 g/mol. The maximum atomic E-state index is 12.7. The van der Waals surface area contributed by atoms with Crippen molar-refractivity contribution in [1.82, 2.24) is 4.90 Å². The summed E-state index contributed by atoms with van der Waals surface area (Å²) in [5.74, 6) is -0.861. The fraction of sp³-hybridized carbons (Fsp3) is 0.579. The number of sulfone groups is 1. The first-order valence-corrected chi connectivity index (χ1v) is 10.9. The summed E-state index contributed by atoms with van der Waals surface area (Å²) in [6, 6.07) is 6.43. The van der Waals surface area contributed by atoms with Crippen molar-refractivity contribution in [3.8, 4) is 0 Å². The summed E-state index contributed by atoms with van der Waals surface area (Å²) in [4.78, 5) is 28.4. The Morgan fingerprint density at radius 2 is 1.85 bits per heavy atom. The summed E-state index contributed by atoms with van der Waals surface area (Å²) in [7, 11) is 0.696. The lowest BCUT2D eigenvalue weighted by molar-refractivity contribution is -0.138. The third-order valence-electron chi connectivity index (χ3n) is 4.90. The van der Waals surface area contributed by atoms with E-state index < -0.39 is 22.4 Å². The molecule has 0 radical (unpaired) electrons. The van der Waals surface area contributed by atoms with Gasteiger partial charge in [-0.2, -0.15) is 0 Å². The highest BCUT2D eigenvalue weighted by Crippen LogP contribution is 2.21. The number of hydrogen-bond donors (Lipinski definition) is 0. The molecule has 2 rings (SSSR count). The van der Waals surface area contributed by atoms with E-state index in [1.165, 1.54) is 0 Å². The lowest BCUT2D eigenvalue weighted by atomic mass is 10.1. The molecule has 0 aliphatic carbocycles. The second-order valence-corrected chi connectivity index (χ2v) is 9.36. The van der Waals surface area contributed by atoms with Crippen molar-refractivity contribution >= 4 is 27.4 Å². The molecule has 0 unspecified atom stereocenters. The van der Waals surface area contributed by atoms with E-state index in [4.69, 9.17) is 4.74 Å². The Balaban J connectivity index is 2.01. The minimum Gasteiger partial charge on any atom is -0.452 e. The molecule has 0 aromatic heterocycles. The van der Waals surface area contributed by atoms with Crippen molar-refractivity contribution in [3.05, 3.63) is 29.8 Å². The van der Waals surface area contributed by atoms with Gasteiger partial charge < -0.3 is 14.5 Å². The molecule has 1 amide bonds. The van der Waals surface area contributed by atoms with Crippen molar-refractivity contribution in [2.45, 2.75) is 38.8 Å². The van der Waals surface area contributed by atoms with Crippen LogP contribution in [0.15, 0.2) is 24.3 Å². The lowest BCUT2D eigenvalue weighted by Crippen LogP contribution is -2.48. The van der Waals surface area contributed by atoms with Crippen LogP contribution in [-0.4, -0.2) is 69.5 Å². The number of hydrogen-bond acceptors (Lipinski definition) is 6. The fourth-order valence-corrected chi connectivity index (χ4v) is 4.89. The fourth-order valence-electron chi connectivity index (χ4n) is 3.18. The van der Waals surface area contributed by atoms with E-state index in [-0.39, 0.29) is 29.5 Å². The van der Waals surface area contributed by atoms with Gasteiger partial charge in [-0.05, 0) is 44.0 Å². The number of carbonyl (C=O) groups is 2. The van der Waals surface area contributed by atoms with E-state index in [1.54, 1.807) is 29.2 Å². The van der Waals surface area contributed by atoms with Crippen LogP contribution >= 0.6 is 0 Å². The van der Waals surface area contributed by atoms with Crippen LogP contribution in [0.25, 0.3) is 0 Å². The molecule has 1 saturated heterocycles. The molecule has 0 spiro atoms. The monoisotopic (exact) mass is 396 g/mol. The number of esters is 1. The summed E-state index contributed by atoms with van der Waals surface area (Å²) in [5.41, 5.74) is 1.32. The zero-order valence-electron chi connectivity index (χ0n) is 16.3. The van der Waals surface area contributed by atoms with E-state index in [0.717, 1.165) is 5.69 Å². The number of carbonyl (C=O) groups excluding carboxylic acids is 2. The minimum atomic E-state index is -3.11. The molecule has 1 aromatic rings. The van der Waals surface area contributed by atoms with Gasteiger partial charge in [0, 0.05) is 31.9 Å². The topological polar surface area (TPSA) is 84.0 Å². The third kappa shape index (κ3) is 5.45. The molecule has 1 aliphatic rings. The van der Waals surface area contributed by atoms with E-state index >= 15 is 0 Å². The summed E-state index contributed by atoms with van der Waals surface area (Å²) in [6.45, 7) is 3.42. The van der Waals surface area contributed by atoms with Gasteiger partial charge in [-0.15, -0.1) is 0 Å². The molecule has 8 heteroatoms. The average Bonchev–Trinajstić information content (AvgIpc) is 2.99. The van der Waals surface area contributed by atoms with Crippen LogP contribution in [0.5, 0.6) is 0 Å². The second kappa shape index (κ2) is 8.73. The SMILES string of the molecule is CC[C@H](C)N(C(=O)COC(=O)c1ccc(N(C)C)cc1)[C@@H]1CCS(=O)(=O)C1. The molecule has 27 heavy (non-hydrogen) atoms. The van der Waals surface area contributed by atoms with Gasteiger partial charge >= 0.3 is 5.97 Å². The van der Waals surface area contributed by atoms with Crippen LogP contribution in [0.2, 0.25) is 0 Å². The normalized spacial score (nSPS) is 19.3. The first kappa shape index (κ1) is 21.2. The Morgan fingerprint density at radius 1 is 1.22 bits per heavy atom. The summed E-state index contributed by atoms with van der Waals surface area (Å²) in [5, 5.41) is 0. The summed E-state index contributed by atoms with van der Waals surface area (Å²) < 4.78 is 28.7. The maximum Gasteiger partial charge on any atom is 0.338 e. The predicted molar refractivity (Wildman–Crippen MR) is 105 cm³/mol. The first-order valence-electron chi connectivity index (χ1n) is 9.10. The Morgan fingerprint density at radius 3 is 2.33 bits per heavy atom. The molecule has 7 nitrogen and oxygen atoms in total. The van der Waals surface area contributed by atoms with E-state index in [2.05, 4.69) is 0 Å². The smallest absolute Gasteiger partial charge is 0.338 e. The second-order valence-electron chi connectivity index (χ2n) is 7.13. The van der Waals surface area contributed by atoms with Gasteiger partial charge in [-0.3, -0.25) is 4.79 Å². The molecule has 150 valence electrons. The highest BCUT2D eigenvalue weighted by molar-refractivity contribution is 7.91. The summed E-state index contributed by atoms with van der Waals surface area (Å²) in [6.07, 6.45) is 1.13. The average molecular weight is 397 g/mol. The molecule has 0 N–H and O–H groups in total. The van der Waals surface area contributed by atoms with Crippen molar-refractivity contribution < 1.29 is 22.7 Å². The minimum absolute atomic E-state index is 0.0248. The maximum absolute atomic E-state index is 12.7. The van der Waals surface area contributed by atoms with Crippen molar-refractivity contribution in [2.75, 3.05) is 37.1 Å². The van der Waals surface area contributed by atoms with Gasteiger partial charge in [-0.1, -0.05) is 6.92 Å². The number of rotatable bonds is 7. The Bertz CT molecular complexity index is 774. The van der Waals surface area contributed by atoms with Crippen LogP contribution in [-0.2, 0) is 19.4 Å². The van der Waals surface area contributed by atoms with Crippen LogP contribution in [0.4, 0.5) is 5.69 Å². The van der Waals surface area contributed by atoms with Crippen molar-refractivity contribution in [2.24, 2.45) is 0 Å². The van der Waals surface area contributed by atoms with Crippen molar-refractivity contribution in [1.29, 1.82) is 0 Å². The van der Waals surface area contributed by atoms with Gasteiger partial charge in [0.15, 0.2) is 16.4 Å². The number of nitrogens with zero attached hydrogens (tertiary/aromatic N) is 2. The van der Waals surface area contributed by atoms with Gasteiger partial charge in [-0.25, -0.2) is 13.2 Å². The van der Waals surface area contributed by atoms with E-state index in [9.17, 15) is 18.0 Å². The largest absolute Gasteiger partial charge is 0.452 e. The molecule has 1 fully saturated rings. The predicted octanol–water partition coefficient (Wildman–Crippen LogP) is 1.72. The van der Waals surface area contributed by atoms with Crippen LogP contribution in [0, 0.1) is 0 Å². The van der Waals surface area contributed by atoms with E-state index in [1.807, 2.05) is 32.8 Å². The summed E-state index contributed by atoms with van der Waals surface area (Å²) >= 11 is 0. The van der Waals surface area contributed by atoms with Gasteiger partial charge in [0.1, 0.15) is 0 Å². The number of benzene rings is 1. The zero-order valence-corrected chi connectivity index (χ0v) is 17.2. The number of amides is 1. The Hall–Kier alpha value is -2.09. The van der Waals surface area contributed by atoms with Crippen LogP contribution < -0.4 is 4.90 Å². The molecular formula is C19H28N2O5S. The third-order valence-corrected chi connectivity index (χ3v) is 6.65. The quantitative estimate of drug-likeness (QED) is 0.653. The molecule has 0 bridgehead atoms. The molecule has 1 aliphatic heterocycles. The Kier molecular flexibility index (Phi) is 6.86. The molecule has 1 aromatic carbocycles. The lowest BCUT2D eigenvalue weighted by Gasteiger charge is -2.33. The van der Waals surface area contributed by atoms with Crippen molar-refractivity contribution in [3.63, 3.8) is 0 Å². The first-order chi connectivity index (χ1) is 12.6. The Labute approximate surface area is 161 Å². The van der Waals surface area contributed by atoms with Gasteiger partial charge in [0.2, 0.25) is 0 Å². The van der Waals surface area contributed by atoms with Gasteiger partial charge in [0.25, 0.3) is 5.91 Å². The van der Waals surface area contributed by atoms with Crippen LogP contribution in [0.3, 0.4) is 0 Å². The zero-order chi connectivity index (χ0) is 20.2. The molecule has 1 heterocycles. The standard InChI is InChI=1S/C19H28N2O5S/c1-5-14(2)21(17-10-11-27(24,25)13-17)18(22)12-26-19(23)15-6-8-16(9-7-15)20(3)4/h6-9,14,17H,5,10-13H2,1-4H3/t14-,17+/m0/s1. The number of anilines is 1. The molecule has 0 saturated carbocycles. The highest BCUT2D eigenvalue weighted by atomic mass is 32.2. The van der Waals surface area contributed by atoms with Gasteiger partial charge in [0.05, 0.1) is 17.1 Å². The highest BCUT2D eigenvalue weighted by Gasteiger charge is 2.36. The van der Waals surface area contributed by atoms with E-state index in [0.29, 0.717) is 18.4 Å².